The molecule has 128 valence electrons. The molecule has 0 unspecified atom stereocenters. The number of tetrazole rings is 1. The molecular weight excluding hydrogens is 374 g/mol. The maximum atomic E-state index is 12.0. The molecule has 2 aromatic rings. The zero-order chi connectivity index (χ0) is 17.2. The number of nitrogens with zero attached hydrogens (tertiary/aromatic N) is 4. The van der Waals surface area contributed by atoms with E-state index in [0.29, 0.717) is 22.3 Å². The van der Waals surface area contributed by atoms with Gasteiger partial charge in [0.2, 0.25) is 11.1 Å². The van der Waals surface area contributed by atoms with E-state index in [-0.39, 0.29) is 29.2 Å². The Kier molecular flexibility index (Phi) is 5.07. The first-order valence-electron chi connectivity index (χ1n) is 7.10. The largest absolute Gasteiger partial charge is 0.352 e. The van der Waals surface area contributed by atoms with E-state index >= 15 is 0 Å². The summed E-state index contributed by atoms with van der Waals surface area (Å²) in [4.78, 5) is 12.0. The molecular formula is C13H14ClN5O3S2. The van der Waals surface area contributed by atoms with Crippen LogP contribution in [0.1, 0.15) is 6.42 Å². The third-order valence-electron chi connectivity index (χ3n) is 3.42. The highest BCUT2D eigenvalue weighted by molar-refractivity contribution is 7.99. The fourth-order valence-electron chi connectivity index (χ4n) is 2.35. The topological polar surface area (TPSA) is 107 Å². The molecule has 24 heavy (non-hydrogen) atoms. The molecule has 0 aliphatic carbocycles. The van der Waals surface area contributed by atoms with Gasteiger partial charge in [0.1, 0.15) is 0 Å². The SMILES string of the molecule is O=C(CSc1nnnn1-c1cccc(Cl)c1)N[C@@H]1CCS(=O)(=O)C1. The van der Waals surface area contributed by atoms with Gasteiger partial charge in [-0.25, -0.2) is 8.42 Å². The molecule has 1 aromatic carbocycles. The van der Waals surface area contributed by atoms with E-state index in [1.54, 1.807) is 24.3 Å². The number of carbonyl (C=O) groups is 1. The number of hydrogen-bond acceptors (Lipinski definition) is 7. The fourth-order valence-corrected chi connectivity index (χ4v) is 4.91. The van der Waals surface area contributed by atoms with Crippen LogP contribution >= 0.6 is 23.4 Å². The van der Waals surface area contributed by atoms with Gasteiger partial charge in [0.05, 0.1) is 22.9 Å². The highest BCUT2D eigenvalue weighted by atomic mass is 35.5. The van der Waals surface area contributed by atoms with Crippen molar-refractivity contribution in [3.8, 4) is 5.69 Å². The number of halogens is 1. The Balaban J connectivity index is 1.60. The molecule has 1 N–H and O–H groups in total. The molecule has 3 rings (SSSR count). The standard InChI is InChI=1S/C13H14ClN5O3S2/c14-9-2-1-3-11(6-9)19-13(16-17-18-19)23-7-12(20)15-10-4-5-24(21,22)8-10/h1-3,6,10H,4-5,7-8H2,(H,15,20)/t10-/m1/s1. The number of aromatic nitrogens is 4. The number of benzene rings is 1. The molecule has 0 radical (unpaired) electrons. The second-order valence-electron chi connectivity index (χ2n) is 5.31. The normalized spacial score (nSPS) is 19.3. The molecule has 1 saturated heterocycles. The van der Waals surface area contributed by atoms with Gasteiger partial charge in [-0.05, 0) is 35.0 Å². The molecule has 1 amide bonds. The number of thioether (sulfide) groups is 1. The van der Waals surface area contributed by atoms with E-state index in [2.05, 4.69) is 20.8 Å². The molecule has 1 aliphatic heterocycles. The minimum absolute atomic E-state index is 0.00363. The third kappa shape index (κ3) is 4.25. The number of amides is 1. The average Bonchev–Trinajstić information content (AvgIpc) is 3.11. The Morgan fingerprint density at radius 1 is 1.46 bits per heavy atom. The summed E-state index contributed by atoms with van der Waals surface area (Å²) >= 11 is 7.13. The van der Waals surface area contributed by atoms with Crippen molar-refractivity contribution in [1.29, 1.82) is 0 Å². The van der Waals surface area contributed by atoms with Crippen LogP contribution in [0.15, 0.2) is 29.4 Å². The van der Waals surface area contributed by atoms with Crippen molar-refractivity contribution < 1.29 is 13.2 Å². The Morgan fingerprint density at radius 2 is 2.29 bits per heavy atom. The second kappa shape index (κ2) is 7.08. The Bertz CT molecular complexity index is 855. The fraction of sp³-hybridized carbons (Fsp3) is 0.385. The lowest BCUT2D eigenvalue weighted by atomic mass is 10.3. The molecule has 1 aliphatic rings. The lowest BCUT2D eigenvalue weighted by molar-refractivity contribution is -0.119. The van der Waals surface area contributed by atoms with Crippen molar-refractivity contribution in [2.75, 3.05) is 17.3 Å². The van der Waals surface area contributed by atoms with Crippen molar-refractivity contribution in [3.63, 3.8) is 0 Å². The lowest BCUT2D eigenvalue weighted by Crippen LogP contribution is -2.36. The van der Waals surface area contributed by atoms with Gasteiger partial charge in [-0.1, -0.05) is 29.4 Å². The number of nitrogens with one attached hydrogen (secondary N) is 1. The van der Waals surface area contributed by atoms with Crippen LogP contribution in [0.5, 0.6) is 0 Å². The van der Waals surface area contributed by atoms with E-state index in [1.807, 2.05) is 0 Å². The zero-order valence-corrected chi connectivity index (χ0v) is 14.8. The van der Waals surface area contributed by atoms with Crippen molar-refractivity contribution in [1.82, 2.24) is 25.5 Å². The van der Waals surface area contributed by atoms with E-state index in [0.717, 1.165) is 0 Å². The second-order valence-corrected chi connectivity index (χ2v) is 8.92. The van der Waals surface area contributed by atoms with Crippen LogP contribution in [-0.2, 0) is 14.6 Å². The molecule has 1 fully saturated rings. The maximum absolute atomic E-state index is 12.0. The van der Waals surface area contributed by atoms with Gasteiger partial charge in [0.25, 0.3) is 0 Å². The van der Waals surface area contributed by atoms with Crippen molar-refractivity contribution in [3.05, 3.63) is 29.3 Å². The number of hydrogen-bond donors (Lipinski definition) is 1. The van der Waals surface area contributed by atoms with E-state index in [4.69, 9.17) is 11.6 Å². The lowest BCUT2D eigenvalue weighted by Gasteiger charge is -2.10. The smallest absolute Gasteiger partial charge is 0.230 e. The van der Waals surface area contributed by atoms with E-state index < -0.39 is 9.84 Å². The summed E-state index contributed by atoms with van der Waals surface area (Å²) in [5.74, 6) is -0.0260. The highest BCUT2D eigenvalue weighted by Crippen LogP contribution is 2.20. The minimum Gasteiger partial charge on any atom is -0.352 e. The first-order valence-corrected chi connectivity index (χ1v) is 10.3. The first-order chi connectivity index (χ1) is 11.4. The molecule has 1 aromatic heterocycles. The molecule has 0 saturated carbocycles. The summed E-state index contributed by atoms with van der Waals surface area (Å²) in [6, 6.07) is 6.72. The summed E-state index contributed by atoms with van der Waals surface area (Å²) < 4.78 is 24.3. The van der Waals surface area contributed by atoms with Crippen molar-refractivity contribution >= 4 is 39.1 Å². The molecule has 0 bridgehead atoms. The Hall–Kier alpha value is -1.65. The summed E-state index contributed by atoms with van der Waals surface area (Å²) in [6.07, 6.45) is 0.457. The molecule has 11 heteroatoms. The van der Waals surface area contributed by atoms with Gasteiger partial charge >= 0.3 is 0 Å². The van der Waals surface area contributed by atoms with Gasteiger partial charge in [-0.2, -0.15) is 4.68 Å². The number of carbonyl (C=O) groups excluding carboxylic acids is 1. The van der Waals surface area contributed by atoms with E-state index in [1.165, 1.54) is 16.4 Å². The Morgan fingerprint density at radius 3 is 3.00 bits per heavy atom. The Labute approximate surface area is 147 Å². The molecule has 0 spiro atoms. The highest BCUT2D eigenvalue weighted by Gasteiger charge is 2.28. The molecule has 1 atom stereocenters. The van der Waals surface area contributed by atoms with Crippen LogP contribution in [0.3, 0.4) is 0 Å². The van der Waals surface area contributed by atoms with Gasteiger partial charge in [-0.3, -0.25) is 4.79 Å². The number of rotatable bonds is 5. The maximum Gasteiger partial charge on any atom is 0.230 e. The van der Waals surface area contributed by atoms with Crippen molar-refractivity contribution in [2.24, 2.45) is 0 Å². The van der Waals surface area contributed by atoms with Crippen LogP contribution in [-0.4, -0.2) is 57.8 Å². The minimum atomic E-state index is -3.02. The van der Waals surface area contributed by atoms with Gasteiger partial charge < -0.3 is 5.32 Å². The molecule has 2 heterocycles. The summed E-state index contributed by atoms with van der Waals surface area (Å²) in [5.41, 5.74) is 0.692. The van der Waals surface area contributed by atoms with Crippen LogP contribution in [0, 0.1) is 0 Å². The monoisotopic (exact) mass is 387 g/mol. The van der Waals surface area contributed by atoms with Gasteiger partial charge in [0.15, 0.2) is 9.84 Å². The zero-order valence-electron chi connectivity index (χ0n) is 12.4. The summed E-state index contributed by atoms with van der Waals surface area (Å²) in [5, 5.41) is 15.1. The summed E-state index contributed by atoms with van der Waals surface area (Å²) in [7, 11) is -3.02. The predicted molar refractivity (Wildman–Crippen MR) is 90.1 cm³/mol. The predicted octanol–water partition coefficient (Wildman–Crippen LogP) is 0.711. The third-order valence-corrected chi connectivity index (χ3v) is 6.35. The number of sulfone groups is 1. The van der Waals surface area contributed by atoms with Gasteiger partial charge in [0, 0.05) is 11.1 Å². The average molecular weight is 388 g/mol. The van der Waals surface area contributed by atoms with Gasteiger partial charge in [-0.15, -0.1) is 5.10 Å². The van der Waals surface area contributed by atoms with Crippen LogP contribution in [0.25, 0.3) is 5.69 Å². The summed E-state index contributed by atoms with van der Waals surface area (Å²) in [6.45, 7) is 0. The van der Waals surface area contributed by atoms with Crippen LogP contribution in [0.2, 0.25) is 5.02 Å². The van der Waals surface area contributed by atoms with Crippen LogP contribution in [0.4, 0.5) is 0 Å². The first kappa shape index (κ1) is 17.2. The van der Waals surface area contributed by atoms with E-state index in [9.17, 15) is 13.2 Å². The molecule has 8 nitrogen and oxygen atoms in total. The van der Waals surface area contributed by atoms with Crippen LogP contribution < -0.4 is 5.32 Å². The van der Waals surface area contributed by atoms with Crippen molar-refractivity contribution in [2.45, 2.75) is 17.6 Å². The quantitative estimate of drug-likeness (QED) is 0.753.